The summed E-state index contributed by atoms with van der Waals surface area (Å²) in [6.07, 6.45) is 2.07. The standard InChI is InChI=1S/C21H31N3O2/c1-22(2)11-12-23-10-9-21(20(23)25)16-24(18-8-13-26-15-18)14-19(21)17-6-4-3-5-7-17/h3-7,18-19H,8-16H2,1-2H3/t18?,19-,21+/m1/s1. The molecule has 0 bridgehead atoms. The third-order valence-corrected chi connectivity index (χ3v) is 6.55. The van der Waals surface area contributed by atoms with Gasteiger partial charge in [0.05, 0.1) is 12.0 Å². The van der Waals surface area contributed by atoms with Crippen molar-refractivity contribution in [1.29, 1.82) is 0 Å². The van der Waals surface area contributed by atoms with E-state index in [2.05, 4.69) is 59.1 Å². The van der Waals surface area contributed by atoms with Crippen molar-refractivity contribution in [1.82, 2.24) is 14.7 Å². The van der Waals surface area contributed by atoms with Gasteiger partial charge in [-0.15, -0.1) is 0 Å². The minimum absolute atomic E-state index is 0.254. The summed E-state index contributed by atoms with van der Waals surface area (Å²) in [4.78, 5) is 20.3. The van der Waals surface area contributed by atoms with Gasteiger partial charge in [0.1, 0.15) is 0 Å². The highest BCUT2D eigenvalue weighted by Gasteiger charge is 2.57. The summed E-state index contributed by atoms with van der Waals surface area (Å²) in [6.45, 7) is 6.19. The molecule has 3 atom stereocenters. The monoisotopic (exact) mass is 357 g/mol. The molecule has 1 aromatic rings. The molecule has 0 saturated carbocycles. The van der Waals surface area contributed by atoms with E-state index in [9.17, 15) is 4.79 Å². The molecule has 26 heavy (non-hydrogen) atoms. The van der Waals surface area contributed by atoms with E-state index < -0.39 is 0 Å². The van der Waals surface area contributed by atoms with E-state index in [1.165, 1.54) is 5.56 Å². The molecule has 0 radical (unpaired) electrons. The molecule has 4 rings (SSSR count). The van der Waals surface area contributed by atoms with Gasteiger partial charge in [0.15, 0.2) is 0 Å². The fraction of sp³-hybridized carbons (Fsp3) is 0.667. The van der Waals surface area contributed by atoms with Crippen LogP contribution in [0.15, 0.2) is 30.3 Å². The topological polar surface area (TPSA) is 36.0 Å². The van der Waals surface area contributed by atoms with Crippen LogP contribution in [0.3, 0.4) is 0 Å². The first-order chi connectivity index (χ1) is 12.6. The van der Waals surface area contributed by atoms with Crippen molar-refractivity contribution in [3.8, 4) is 0 Å². The molecule has 3 fully saturated rings. The fourth-order valence-electron chi connectivity index (χ4n) is 5.01. The fourth-order valence-corrected chi connectivity index (χ4v) is 5.01. The highest BCUT2D eigenvalue weighted by Crippen LogP contribution is 2.50. The summed E-state index contributed by atoms with van der Waals surface area (Å²) in [6, 6.07) is 11.2. The predicted molar refractivity (Wildman–Crippen MR) is 102 cm³/mol. The normalized spacial score (nSPS) is 32.4. The minimum atomic E-state index is -0.254. The van der Waals surface area contributed by atoms with Gasteiger partial charge in [0, 0.05) is 51.3 Å². The molecule has 0 aliphatic carbocycles. The highest BCUT2D eigenvalue weighted by molar-refractivity contribution is 5.87. The number of hydrogen-bond donors (Lipinski definition) is 0. The van der Waals surface area contributed by atoms with Crippen molar-refractivity contribution in [2.45, 2.75) is 24.8 Å². The molecule has 1 unspecified atom stereocenters. The van der Waals surface area contributed by atoms with Crippen molar-refractivity contribution in [2.24, 2.45) is 5.41 Å². The maximum absolute atomic E-state index is 13.5. The van der Waals surface area contributed by atoms with E-state index in [1.54, 1.807) is 0 Å². The smallest absolute Gasteiger partial charge is 0.230 e. The van der Waals surface area contributed by atoms with Crippen LogP contribution in [0.25, 0.3) is 0 Å². The van der Waals surface area contributed by atoms with Gasteiger partial charge in [-0.1, -0.05) is 30.3 Å². The molecule has 3 aliphatic rings. The molecule has 1 aromatic carbocycles. The Morgan fingerprint density at radius 3 is 2.77 bits per heavy atom. The van der Waals surface area contributed by atoms with Crippen LogP contribution >= 0.6 is 0 Å². The number of benzene rings is 1. The Balaban J connectivity index is 1.59. The maximum Gasteiger partial charge on any atom is 0.230 e. The summed E-state index contributed by atoms with van der Waals surface area (Å²) < 4.78 is 5.63. The van der Waals surface area contributed by atoms with Crippen molar-refractivity contribution < 1.29 is 9.53 Å². The summed E-state index contributed by atoms with van der Waals surface area (Å²) in [5.41, 5.74) is 1.06. The van der Waals surface area contributed by atoms with Crippen LogP contribution < -0.4 is 0 Å². The zero-order valence-corrected chi connectivity index (χ0v) is 16.1. The van der Waals surface area contributed by atoms with Gasteiger partial charge in [-0.2, -0.15) is 0 Å². The van der Waals surface area contributed by atoms with Gasteiger partial charge < -0.3 is 14.5 Å². The highest BCUT2D eigenvalue weighted by atomic mass is 16.5. The van der Waals surface area contributed by atoms with Crippen LogP contribution in [-0.4, -0.2) is 86.7 Å². The van der Waals surface area contributed by atoms with Crippen LogP contribution in [0.1, 0.15) is 24.3 Å². The van der Waals surface area contributed by atoms with E-state index in [1.807, 2.05) is 0 Å². The third-order valence-electron chi connectivity index (χ3n) is 6.55. The first kappa shape index (κ1) is 18.0. The van der Waals surface area contributed by atoms with E-state index in [0.29, 0.717) is 17.9 Å². The molecule has 5 nitrogen and oxygen atoms in total. The van der Waals surface area contributed by atoms with Gasteiger partial charge >= 0.3 is 0 Å². The number of hydrogen-bond acceptors (Lipinski definition) is 4. The third kappa shape index (κ3) is 3.17. The molecule has 3 heterocycles. The zero-order chi connectivity index (χ0) is 18.1. The lowest BCUT2D eigenvalue weighted by Crippen LogP contribution is -2.42. The molecular weight excluding hydrogens is 326 g/mol. The Labute approximate surface area is 156 Å². The first-order valence-electron chi connectivity index (χ1n) is 9.91. The number of likely N-dealkylation sites (N-methyl/N-ethyl adjacent to an activating group) is 1. The molecule has 0 aromatic heterocycles. The average Bonchev–Trinajstić information content (AvgIpc) is 3.36. The van der Waals surface area contributed by atoms with E-state index >= 15 is 0 Å². The maximum atomic E-state index is 13.5. The number of amides is 1. The molecule has 0 N–H and O–H groups in total. The van der Waals surface area contributed by atoms with Crippen LogP contribution in [-0.2, 0) is 9.53 Å². The molecule has 142 valence electrons. The molecule has 3 aliphatic heterocycles. The van der Waals surface area contributed by atoms with Crippen molar-refractivity contribution >= 4 is 5.91 Å². The number of carbonyl (C=O) groups is 1. The summed E-state index contributed by atoms with van der Waals surface area (Å²) in [7, 11) is 4.14. The van der Waals surface area contributed by atoms with Crippen LogP contribution in [0.5, 0.6) is 0 Å². The quantitative estimate of drug-likeness (QED) is 0.803. The lowest BCUT2D eigenvalue weighted by molar-refractivity contribution is -0.136. The Morgan fingerprint density at radius 1 is 1.27 bits per heavy atom. The second-order valence-electron chi connectivity index (χ2n) is 8.41. The number of ether oxygens (including phenoxy) is 1. The molecule has 5 heteroatoms. The summed E-state index contributed by atoms with van der Waals surface area (Å²) in [5.74, 6) is 0.663. The Hall–Kier alpha value is -1.43. The van der Waals surface area contributed by atoms with Crippen LogP contribution in [0.4, 0.5) is 0 Å². The van der Waals surface area contributed by atoms with E-state index in [-0.39, 0.29) is 5.41 Å². The van der Waals surface area contributed by atoms with Gasteiger partial charge in [-0.25, -0.2) is 0 Å². The lowest BCUT2D eigenvalue weighted by atomic mass is 9.73. The Kier molecular flexibility index (Phi) is 5.04. The summed E-state index contributed by atoms with van der Waals surface area (Å²) in [5, 5.41) is 0. The molecular formula is C21H31N3O2. The van der Waals surface area contributed by atoms with Gasteiger partial charge in [-0.05, 0) is 32.5 Å². The van der Waals surface area contributed by atoms with E-state index in [4.69, 9.17) is 4.74 Å². The number of rotatable bonds is 5. The predicted octanol–water partition coefficient (Wildman–Crippen LogP) is 1.65. The molecule has 1 spiro atoms. The van der Waals surface area contributed by atoms with Gasteiger partial charge in [0.2, 0.25) is 5.91 Å². The lowest BCUT2D eigenvalue weighted by Gasteiger charge is -2.30. The van der Waals surface area contributed by atoms with Gasteiger partial charge in [-0.3, -0.25) is 9.69 Å². The Bertz CT molecular complexity index is 629. The van der Waals surface area contributed by atoms with Crippen molar-refractivity contribution in [2.75, 3.05) is 60.0 Å². The molecule has 3 saturated heterocycles. The largest absolute Gasteiger partial charge is 0.380 e. The summed E-state index contributed by atoms with van der Waals surface area (Å²) >= 11 is 0. The number of nitrogens with zero attached hydrogens (tertiary/aromatic N) is 3. The van der Waals surface area contributed by atoms with Crippen LogP contribution in [0, 0.1) is 5.41 Å². The number of likely N-dealkylation sites (tertiary alicyclic amines) is 2. The Morgan fingerprint density at radius 2 is 2.08 bits per heavy atom. The SMILES string of the molecule is CN(C)CCN1CC[C@@]2(CN(C3CCOC3)C[C@@H]2c2ccccc2)C1=O. The van der Waals surface area contributed by atoms with Crippen LogP contribution in [0.2, 0.25) is 0 Å². The second-order valence-corrected chi connectivity index (χ2v) is 8.41. The second kappa shape index (κ2) is 7.29. The van der Waals surface area contributed by atoms with Gasteiger partial charge in [0.25, 0.3) is 0 Å². The average molecular weight is 357 g/mol. The van der Waals surface area contributed by atoms with Crippen molar-refractivity contribution in [3.05, 3.63) is 35.9 Å². The molecule has 1 amide bonds. The number of carbonyl (C=O) groups excluding carboxylic acids is 1. The van der Waals surface area contributed by atoms with E-state index in [0.717, 1.165) is 58.8 Å². The zero-order valence-electron chi connectivity index (χ0n) is 16.1. The van der Waals surface area contributed by atoms with Crippen molar-refractivity contribution in [3.63, 3.8) is 0 Å². The minimum Gasteiger partial charge on any atom is -0.380 e. The first-order valence-corrected chi connectivity index (χ1v) is 9.91.